The van der Waals surface area contributed by atoms with Crippen molar-refractivity contribution in [2.24, 2.45) is 7.05 Å². The Morgan fingerprint density at radius 2 is 2.25 bits per heavy atom. The Labute approximate surface area is 96.1 Å². The molecule has 6 nitrogen and oxygen atoms in total. The topological polar surface area (TPSA) is 76.0 Å². The summed E-state index contributed by atoms with van der Waals surface area (Å²) in [4.78, 5) is 0.193. The SMILES string of the molecule is CCN[C@H](C)CNS(=O)(=O)c1cnn(C)c1. The van der Waals surface area contributed by atoms with Gasteiger partial charge in [-0.25, -0.2) is 13.1 Å². The monoisotopic (exact) mass is 246 g/mol. The molecule has 1 aromatic rings. The fourth-order valence-corrected chi connectivity index (χ4v) is 2.39. The average molecular weight is 246 g/mol. The Balaban J connectivity index is 2.59. The van der Waals surface area contributed by atoms with Crippen molar-refractivity contribution in [2.75, 3.05) is 13.1 Å². The maximum Gasteiger partial charge on any atom is 0.243 e. The molecule has 1 aromatic heterocycles. The molecular formula is C9H18N4O2S. The van der Waals surface area contributed by atoms with Gasteiger partial charge in [-0.2, -0.15) is 5.10 Å². The van der Waals surface area contributed by atoms with E-state index in [9.17, 15) is 8.42 Å². The Kier molecular flexibility index (Phi) is 4.45. The fourth-order valence-electron chi connectivity index (χ4n) is 1.28. The molecule has 0 amide bonds. The molecule has 0 aliphatic heterocycles. The van der Waals surface area contributed by atoms with Gasteiger partial charge >= 0.3 is 0 Å². The minimum absolute atomic E-state index is 0.108. The standard InChI is InChI=1S/C9H18N4O2S/c1-4-10-8(2)5-12-16(14,15)9-6-11-13(3)7-9/h6-8,10,12H,4-5H2,1-3H3/t8-/m1/s1. The molecule has 0 aromatic carbocycles. The summed E-state index contributed by atoms with van der Waals surface area (Å²) in [6, 6.07) is 0.108. The number of aryl methyl sites for hydroxylation is 1. The molecule has 7 heteroatoms. The molecule has 2 N–H and O–H groups in total. The van der Waals surface area contributed by atoms with Crippen molar-refractivity contribution in [2.45, 2.75) is 24.8 Å². The van der Waals surface area contributed by atoms with E-state index >= 15 is 0 Å². The lowest BCUT2D eigenvalue weighted by Gasteiger charge is -2.12. The fraction of sp³-hybridized carbons (Fsp3) is 0.667. The van der Waals surface area contributed by atoms with Gasteiger partial charge < -0.3 is 5.32 Å². The molecule has 0 aliphatic carbocycles. The Bertz CT molecular complexity index is 426. The molecule has 0 radical (unpaired) electrons. The largest absolute Gasteiger partial charge is 0.313 e. The predicted octanol–water partition coefficient (Wildman–Crippen LogP) is -0.304. The second-order valence-corrected chi connectivity index (χ2v) is 5.43. The number of hydrogen-bond donors (Lipinski definition) is 2. The van der Waals surface area contributed by atoms with E-state index in [0.29, 0.717) is 6.54 Å². The number of nitrogens with one attached hydrogen (secondary N) is 2. The third kappa shape index (κ3) is 3.58. The third-order valence-electron chi connectivity index (χ3n) is 2.12. The van der Waals surface area contributed by atoms with Crippen LogP contribution in [0, 0.1) is 0 Å². The van der Waals surface area contributed by atoms with Crippen molar-refractivity contribution in [1.82, 2.24) is 19.8 Å². The summed E-state index contributed by atoms with van der Waals surface area (Å²) >= 11 is 0. The normalized spacial score (nSPS) is 13.9. The maximum absolute atomic E-state index is 11.8. The van der Waals surface area contributed by atoms with E-state index in [0.717, 1.165) is 6.54 Å². The van der Waals surface area contributed by atoms with E-state index in [1.54, 1.807) is 7.05 Å². The van der Waals surface area contributed by atoms with Crippen LogP contribution in [0.5, 0.6) is 0 Å². The second kappa shape index (κ2) is 5.42. The van der Waals surface area contributed by atoms with Gasteiger partial charge in [-0.15, -0.1) is 0 Å². The zero-order valence-electron chi connectivity index (χ0n) is 9.77. The van der Waals surface area contributed by atoms with Gasteiger partial charge in [0.15, 0.2) is 0 Å². The van der Waals surface area contributed by atoms with Crippen molar-refractivity contribution >= 4 is 10.0 Å². The van der Waals surface area contributed by atoms with Gasteiger partial charge in [-0.05, 0) is 13.5 Å². The molecule has 0 saturated carbocycles. The molecule has 16 heavy (non-hydrogen) atoms. The van der Waals surface area contributed by atoms with Gasteiger partial charge in [0.05, 0.1) is 6.20 Å². The molecule has 1 atom stereocenters. The van der Waals surface area contributed by atoms with Crippen LogP contribution in [0.2, 0.25) is 0 Å². The number of aromatic nitrogens is 2. The molecule has 0 saturated heterocycles. The highest BCUT2D eigenvalue weighted by Gasteiger charge is 2.16. The molecule has 0 spiro atoms. The quantitative estimate of drug-likeness (QED) is 0.722. The van der Waals surface area contributed by atoms with Crippen molar-refractivity contribution in [1.29, 1.82) is 0 Å². The lowest BCUT2D eigenvalue weighted by molar-refractivity contribution is 0.536. The summed E-state index contributed by atoms with van der Waals surface area (Å²) in [6.07, 6.45) is 2.81. The summed E-state index contributed by atoms with van der Waals surface area (Å²) in [5, 5.41) is 6.96. The minimum Gasteiger partial charge on any atom is -0.313 e. The summed E-state index contributed by atoms with van der Waals surface area (Å²) in [5.41, 5.74) is 0. The molecule has 1 rings (SSSR count). The van der Waals surface area contributed by atoms with Crippen molar-refractivity contribution in [3.05, 3.63) is 12.4 Å². The number of likely N-dealkylation sites (N-methyl/N-ethyl adjacent to an activating group) is 1. The van der Waals surface area contributed by atoms with Crippen LogP contribution in [0.1, 0.15) is 13.8 Å². The summed E-state index contributed by atoms with van der Waals surface area (Å²) in [6.45, 7) is 5.09. The van der Waals surface area contributed by atoms with Gasteiger partial charge in [0.25, 0.3) is 0 Å². The molecular weight excluding hydrogens is 228 g/mol. The van der Waals surface area contributed by atoms with Gasteiger partial charge in [0, 0.05) is 25.8 Å². The first kappa shape index (κ1) is 13.1. The highest BCUT2D eigenvalue weighted by molar-refractivity contribution is 7.89. The van der Waals surface area contributed by atoms with E-state index in [2.05, 4.69) is 15.1 Å². The Morgan fingerprint density at radius 1 is 1.56 bits per heavy atom. The molecule has 0 aliphatic rings. The second-order valence-electron chi connectivity index (χ2n) is 3.66. The minimum atomic E-state index is -3.43. The van der Waals surface area contributed by atoms with Gasteiger partial charge in [-0.3, -0.25) is 4.68 Å². The van der Waals surface area contributed by atoms with Crippen molar-refractivity contribution in [3.63, 3.8) is 0 Å². The highest BCUT2D eigenvalue weighted by Crippen LogP contribution is 2.05. The van der Waals surface area contributed by atoms with Crippen LogP contribution >= 0.6 is 0 Å². The predicted molar refractivity (Wildman–Crippen MR) is 61.5 cm³/mol. The Morgan fingerprint density at radius 3 is 2.75 bits per heavy atom. The first-order chi connectivity index (χ1) is 7.45. The van der Waals surface area contributed by atoms with Crippen LogP contribution in [0.25, 0.3) is 0 Å². The van der Waals surface area contributed by atoms with Crippen LogP contribution in [-0.4, -0.2) is 37.3 Å². The number of hydrogen-bond acceptors (Lipinski definition) is 4. The zero-order chi connectivity index (χ0) is 12.2. The van der Waals surface area contributed by atoms with Crippen LogP contribution < -0.4 is 10.0 Å². The van der Waals surface area contributed by atoms with E-state index in [1.165, 1.54) is 17.1 Å². The molecule has 0 unspecified atom stereocenters. The third-order valence-corrected chi connectivity index (χ3v) is 3.50. The summed E-state index contributed by atoms with van der Waals surface area (Å²) < 4.78 is 27.5. The van der Waals surface area contributed by atoms with Gasteiger partial charge in [0.2, 0.25) is 10.0 Å². The highest BCUT2D eigenvalue weighted by atomic mass is 32.2. The van der Waals surface area contributed by atoms with Crippen molar-refractivity contribution < 1.29 is 8.42 Å². The number of nitrogens with zero attached hydrogens (tertiary/aromatic N) is 2. The van der Waals surface area contributed by atoms with E-state index < -0.39 is 10.0 Å². The molecule has 1 heterocycles. The first-order valence-corrected chi connectivity index (χ1v) is 6.65. The molecule has 0 bridgehead atoms. The molecule has 0 fully saturated rings. The van der Waals surface area contributed by atoms with Gasteiger partial charge in [-0.1, -0.05) is 6.92 Å². The summed E-state index contributed by atoms with van der Waals surface area (Å²) in [5.74, 6) is 0. The van der Waals surface area contributed by atoms with Crippen molar-refractivity contribution in [3.8, 4) is 0 Å². The molecule has 92 valence electrons. The van der Waals surface area contributed by atoms with Crippen LogP contribution in [0.15, 0.2) is 17.3 Å². The number of sulfonamides is 1. The average Bonchev–Trinajstić information content (AvgIpc) is 2.63. The lowest BCUT2D eigenvalue weighted by Crippen LogP contribution is -2.38. The zero-order valence-corrected chi connectivity index (χ0v) is 10.6. The first-order valence-electron chi connectivity index (χ1n) is 5.17. The van der Waals surface area contributed by atoms with E-state index in [4.69, 9.17) is 0 Å². The maximum atomic E-state index is 11.8. The lowest BCUT2D eigenvalue weighted by atomic mass is 10.3. The Hall–Kier alpha value is -0.920. The van der Waals surface area contributed by atoms with Crippen LogP contribution in [-0.2, 0) is 17.1 Å². The smallest absolute Gasteiger partial charge is 0.243 e. The number of rotatable bonds is 6. The van der Waals surface area contributed by atoms with Crippen LogP contribution in [0.3, 0.4) is 0 Å². The van der Waals surface area contributed by atoms with Crippen LogP contribution in [0.4, 0.5) is 0 Å². The summed E-state index contributed by atoms with van der Waals surface area (Å²) in [7, 11) is -1.75. The van der Waals surface area contributed by atoms with E-state index in [1.807, 2.05) is 13.8 Å². The van der Waals surface area contributed by atoms with E-state index in [-0.39, 0.29) is 10.9 Å². The van der Waals surface area contributed by atoms with Gasteiger partial charge in [0.1, 0.15) is 4.90 Å².